The van der Waals surface area contributed by atoms with Crippen molar-refractivity contribution in [3.8, 4) is 0 Å². The highest BCUT2D eigenvalue weighted by Gasteiger charge is 2.55. The number of aliphatic carboxylic acids is 1. The molecular formula is C22H29ClO6. The third-order valence-electron chi connectivity index (χ3n) is 4.64. The summed E-state index contributed by atoms with van der Waals surface area (Å²) in [6, 6.07) is 5.10. The highest BCUT2D eigenvalue weighted by molar-refractivity contribution is 6.30. The fourth-order valence-electron chi connectivity index (χ4n) is 3.57. The van der Waals surface area contributed by atoms with Crippen molar-refractivity contribution in [1.82, 2.24) is 0 Å². The molecule has 0 amide bonds. The smallest absolute Gasteiger partial charge is 0.324 e. The number of benzene rings is 1. The molecule has 0 saturated heterocycles. The summed E-state index contributed by atoms with van der Waals surface area (Å²) in [7, 11) is 0. The summed E-state index contributed by atoms with van der Waals surface area (Å²) in [6.45, 7) is 10.3. The number of carbonyl (C=O) groups is 3. The molecule has 0 bridgehead atoms. The molecule has 1 aromatic carbocycles. The zero-order valence-corrected chi connectivity index (χ0v) is 18.6. The maximum absolute atomic E-state index is 13.3. The van der Waals surface area contributed by atoms with Gasteiger partial charge < -0.3 is 14.6 Å². The lowest BCUT2D eigenvalue weighted by Gasteiger charge is -2.40. The van der Waals surface area contributed by atoms with E-state index in [0.29, 0.717) is 10.6 Å². The molecule has 1 aliphatic rings. The van der Waals surface area contributed by atoms with E-state index in [1.54, 1.807) is 59.7 Å². The predicted octanol–water partition coefficient (Wildman–Crippen LogP) is 4.51. The van der Waals surface area contributed by atoms with Gasteiger partial charge in [0.2, 0.25) is 0 Å². The van der Waals surface area contributed by atoms with Crippen LogP contribution in [0.5, 0.6) is 0 Å². The van der Waals surface area contributed by atoms with Crippen molar-refractivity contribution < 1.29 is 29.0 Å². The molecule has 0 aliphatic heterocycles. The van der Waals surface area contributed by atoms with Gasteiger partial charge in [-0.2, -0.15) is 0 Å². The van der Waals surface area contributed by atoms with Gasteiger partial charge in [0.15, 0.2) is 5.41 Å². The van der Waals surface area contributed by atoms with Crippen molar-refractivity contribution >= 4 is 29.5 Å². The van der Waals surface area contributed by atoms with Gasteiger partial charge in [-0.1, -0.05) is 17.7 Å². The van der Waals surface area contributed by atoms with Gasteiger partial charge in [-0.15, -0.1) is 0 Å². The van der Waals surface area contributed by atoms with Crippen molar-refractivity contribution in [2.45, 2.75) is 77.9 Å². The minimum Gasteiger partial charge on any atom is -0.481 e. The van der Waals surface area contributed by atoms with Crippen LogP contribution in [0.3, 0.4) is 0 Å². The van der Waals surface area contributed by atoms with Crippen molar-refractivity contribution in [2.24, 2.45) is 5.41 Å². The van der Waals surface area contributed by atoms with Crippen LogP contribution in [0.2, 0.25) is 5.02 Å². The topological polar surface area (TPSA) is 89.9 Å². The van der Waals surface area contributed by atoms with Crippen LogP contribution in [0.4, 0.5) is 0 Å². The van der Waals surface area contributed by atoms with Gasteiger partial charge in [0, 0.05) is 5.02 Å². The van der Waals surface area contributed by atoms with E-state index in [0.717, 1.165) is 5.56 Å². The molecule has 2 rings (SSSR count). The van der Waals surface area contributed by atoms with Gasteiger partial charge in [0.25, 0.3) is 0 Å². The number of hydrogen-bond acceptors (Lipinski definition) is 5. The molecule has 0 spiro atoms. The Balaban J connectivity index is 2.60. The molecule has 0 aromatic heterocycles. The molecule has 0 saturated carbocycles. The summed E-state index contributed by atoms with van der Waals surface area (Å²) in [5.41, 5.74) is -1.81. The first kappa shape index (κ1) is 23.2. The van der Waals surface area contributed by atoms with Gasteiger partial charge in [-0.05, 0) is 83.6 Å². The van der Waals surface area contributed by atoms with E-state index in [1.165, 1.54) is 0 Å². The summed E-state index contributed by atoms with van der Waals surface area (Å²) in [4.78, 5) is 38.1. The van der Waals surface area contributed by atoms with Gasteiger partial charge in [-0.3, -0.25) is 14.4 Å². The molecule has 29 heavy (non-hydrogen) atoms. The van der Waals surface area contributed by atoms with Crippen molar-refractivity contribution in [2.75, 3.05) is 0 Å². The molecule has 1 N–H and O–H groups in total. The fourth-order valence-corrected chi connectivity index (χ4v) is 3.75. The number of fused-ring (bicyclic) bond motifs is 1. The number of ether oxygens (including phenoxy) is 2. The Labute approximate surface area is 176 Å². The molecule has 0 radical (unpaired) electrons. The fraction of sp³-hybridized carbons (Fsp3) is 0.591. The van der Waals surface area contributed by atoms with E-state index < -0.39 is 40.4 Å². The SMILES string of the molecule is CC(C)(C)OC(=O)C1(C(=O)OC(C)(C)C)Cc2ccc(Cl)cc2C(CC(=O)O)C1. The lowest BCUT2D eigenvalue weighted by molar-refractivity contribution is -0.187. The summed E-state index contributed by atoms with van der Waals surface area (Å²) in [6.07, 6.45) is -0.184. The molecular weight excluding hydrogens is 396 g/mol. The van der Waals surface area contributed by atoms with E-state index in [9.17, 15) is 19.5 Å². The zero-order valence-electron chi connectivity index (χ0n) is 17.8. The largest absolute Gasteiger partial charge is 0.481 e. The van der Waals surface area contributed by atoms with Crippen molar-refractivity contribution in [3.05, 3.63) is 34.3 Å². The Morgan fingerprint density at radius 1 is 1.07 bits per heavy atom. The predicted molar refractivity (Wildman–Crippen MR) is 109 cm³/mol. The molecule has 1 aromatic rings. The highest BCUT2D eigenvalue weighted by atomic mass is 35.5. The number of rotatable bonds is 4. The van der Waals surface area contributed by atoms with E-state index >= 15 is 0 Å². The zero-order chi connectivity index (χ0) is 22.2. The number of hydrogen-bond donors (Lipinski definition) is 1. The van der Waals surface area contributed by atoms with Crippen LogP contribution in [0.1, 0.15) is 71.4 Å². The maximum atomic E-state index is 13.3. The second-order valence-corrected chi connectivity index (χ2v) is 10.0. The van der Waals surface area contributed by atoms with Crippen molar-refractivity contribution in [1.29, 1.82) is 0 Å². The first-order chi connectivity index (χ1) is 13.1. The molecule has 160 valence electrons. The van der Waals surface area contributed by atoms with Gasteiger partial charge in [-0.25, -0.2) is 0 Å². The monoisotopic (exact) mass is 424 g/mol. The Kier molecular flexibility index (Phi) is 6.38. The molecule has 6 nitrogen and oxygen atoms in total. The Morgan fingerprint density at radius 3 is 2.03 bits per heavy atom. The van der Waals surface area contributed by atoms with Crippen LogP contribution in [-0.4, -0.2) is 34.2 Å². The summed E-state index contributed by atoms with van der Waals surface area (Å²) in [5, 5.41) is 9.89. The number of esters is 2. The Hall–Kier alpha value is -2.08. The first-order valence-electron chi connectivity index (χ1n) is 9.60. The van der Waals surface area contributed by atoms with Crippen LogP contribution in [0, 0.1) is 5.41 Å². The maximum Gasteiger partial charge on any atom is 0.324 e. The lowest BCUT2D eigenvalue weighted by atomic mass is 9.66. The van der Waals surface area contributed by atoms with Gasteiger partial charge in [0.1, 0.15) is 11.2 Å². The number of carbonyl (C=O) groups excluding carboxylic acids is 2. The van der Waals surface area contributed by atoms with Crippen LogP contribution in [0.15, 0.2) is 18.2 Å². The van der Waals surface area contributed by atoms with E-state index in [-0.39, 0.29) is 19.3 Å². The third kappa shape index (κ3) is 5.72. The lowest BCUT2D eigenvalue weighted by Crippen LogP contribution is -2.50. The van der Waals surface area contributed by atoms with E-state index in [4.69, 9.17) is 21.1 Å². The quantitative estimate of drug-likeness (QED) is 0.564. The molecule has 0 heterocycles. The van der Waals surface area contributed by atoms with Crippen molar-refractivity contribution in [3.63, 3.8) is 0 Å². The number of carboxylic acids is 1. The molecule has 1 atom stereocenters. The second-order valence-electron chi connectivity index (χ2n) is 9.60. The summed E-state index contributed by atoms with van der Waals surface area (Å²) >= 11 is 6.12. The minimum atomic E-state index is -1.62. The van der Waals surface area contributed by atoms with E-state index in [1.807, 2.05) is 0 Å². The molecule has 0 fully saturated rings. The average molecular weight is 425 g/mol. The number of carboxylic acid groups (broad SMARTS) is 1. The Bertz CT molecular complexity index is 788. The van der Waals surface area contributed by atoms with Crippen LogP contribution in [-0.2, 0) is 30.3 Å². The highest BCUT2D eigenvalue weighted by Crippen LogP contribution is 2.47. The van der Waals surface area contributed by atoms with Crippen LogP contribution >= 0.6 is 11.6 Å². The van der Waals surface area contributed by atoms with Crippen LogP contribution in [0.25, 0.3) is 0 Å². The van der Waals surface area contributed by atoms with Gasteiger partial charge in [0.05, 0.1) is 6.42 Å². The standard InChI is InChI=1S/C22H29ClO6/c1-20(2,3)28-18(26)22(19(27)29-21(4,5)6)11-13-7-8-15(23)10-16(13)14(12-22)9-17(24)25/h7-8,10,14H,9,11-12H2,1-6H3,(H,24,25). The first-order valence-corrected chi connectivity index (χ1v) is 9.98. The molecule has 1 aliphatic carbocycles. The number of halogens is 1. The second kappa shape index (κ2) is 7.98. The summed E-state index contributed by atoms with van der Waals surface area (Å²) < 4.78 is 11.2. The summed E-state index contributed by atoms with van der Waals surface area (Å²) in [5.74, 6) is -2.99. The molecule has 1 unspecified atom stereocenters. The van der Waals surface area contributed by atoms with Gasteiger partial charge >= 0.3 is 17.9 Å². The Morgan fingerprint density at radius 2 is 1.59 bits per heavy atom. The average Bonchev–Trinajstić information content (AvgIpc) is 2.51. The van der Waals surface area contributed by atoms with E-state index in [2.05, 4.69) is 0 Å². The third-order valence-corrected chi connectivity index (χ3v) is 4.87. The normalized spacial score (nSPS) is 18.5. The van der Waals surface area contributed by atoms with Crippen LogP contribution < -0.4 is 0 Å². The minimum absolute atomic E-state index is 0.0174. The molecule has 7 heteroatoms.